The average Bonchev–Trinajstić information content (AvgIpc) is 2.33. The van der Waals surface area contributed by atoms with Crippen LogP contribution >= 0.6 is 0 Å². The first kappa shape index (κ1) is 15.4. The number of allylic oxidation sites excluding steroid dienone is 2. The lowest BCUT2D eigenvalue weighted by Gasteiger charge is -2.37. The van der Waals surface area contributed by atoms with Crippen LogP contribution in [-0.2, 0) is 0 Å². The summed E-state index contributed by atoms with van der Waals surface area (Å²) < 4.78 is 0. The fourth-order valence-electron chi connectivity index (χ4n) is 2.35. The molecule has 0 fully saturated rings. The molecular formula is C13H16O8. The minimum Gasteiger partial charge on any atom is -0.508 e. The topological polar surface area (TPSA) is 162 Å². The molecule has 0 aromatic heterocycles. The standard InChI is InChI=1S/C13H16O8/c14-8-2-6(12(18,19)10(16)4-8)1-7-3-9(15)5-11(17)13(7,20)21/h2-7,14-21H,1H2. The molecule has 21 heavy (non-hydrogen) atoms. The average molecular weight is 300 g/mol. The Morgan fingerprint density at radius 1 is 0.714 bits per heavy atom. The summed E-state index contributed by atoms with van der Waals surface area (Å²) in [6.45, 7) is 0. The maximum absolute atomic E-state index is 9.81. The van der Waals surface area contributed by atoms with Gasteiger partial charge < -0.3 is 40.9 Å². The number of hydrogen-bond acceptors (Lipinski definition) is 8. The molecular weight excluding hydrogens is 284 g/mol. The van der Waals surface area contributed by atoms with E-state index in [0.29, 0.717) is 0 Å². The first-order valence-corrected chi connectivity index (χ1v) is 6.08. The van der Waals surface area contributed by atoms with Crippen molar-refractivity contribution in [1.82, 2.24) is 0 Å². The summed E-state index contributed by atoms with van der Waals surface area (Å²) in [5, 5.41) is 76.9. The molecule has 2 atom stereocenters. The van der Waals surface area contributed by atoms with Crippen LogP contribution in [0, 0.1) is 11.8 Å². The van der Waals surface area contributed by atoms with E-state index in [1.807, 2.05) is 0 Å². The Bertz CT molecular complexity index is 517. The lowest BCUT2D eigenvalue weighted by atomic mass is 9.78. The first-order valence-electron chi connectivity index (χ1n) is 6.08. The van der Waals surface area contributed by atoms with Crippen molar-refractivity contribution in [1.29, 1.82) is 0 Å². The number of aliphatic hydroxyl groups is 8. The number of rotatable bonds is 2. The fraction of sp³-hybridized carbons (Fsp3) is 0.385. The van der Waals surface area contributed by atoms with E-state index in [4.69, 9.17) is 0 Å². The molecule has 0 heterocycles. The van der Waals surface area contributed by atoms with Gasteiger partial charge in [0.2, 0.25) is 11.6 Å². The molecule has 2 unspecified atom stereocenters. The monoisotopic (exact) mass is 300 g/mol. The molecule has 0 saturated carbocycles. The highest BCUT2D eigenvalue weighted by Crippen LogP contribution is 2.39. The van der Waals surface area contributed by atoms with E-state index in [-0.39, 0.29) is 0 Å². The highest BCUT2D eigenvalue weighted by Gasteiger charge is 2.47. The van der Waals surface area contributed by atoms with Crippen LogP contribution in [0.5, 0.6) is 0 Å². The zero-order valence-corrected chi connectivity index (χ0v) is 10.7. The van der Waals surface area contributed by atoms with Crippen LogP contribution in [-0.4, -0.2) is 52.4 Å². The van der Waals surface area contributed by atoms with Crippen molar-refractivity contribution in [2.45, 2.75) is 18.0 Å². The van der Waals surface area contributed by atoms with Crippen molar-refractivity contribution < 1.29 is 40.9 Å². The third-order valence-electron chi connectivity index (χ3n) is 3.61. The fourth-order valence-corrected chi connectivity index (χ4v) is 2.35. The first-order chi connectivity index (χ1) is 9.55. The van der Waals surface area contributed by atoms with Crippen molar-refractivity contribution >= 4 is 0 Å². The molecule has 8 nitrogen and oxygen atoms in total. The van der Waals surface area contributed by atoms with Gasteiger partial charge in [-0.1, -0.05) is 0 Å². The molecule has 8 N–H and O–H groups in total. The van der Waals surface area contributed by atoms with Gasteiger partial charge in [0, 0.05) is 24.0 Å². The molecule has 0 aliphatic heterocycles. The maximum atomic E-state index is 9.81. The minimum atomic E-state index is -2.72. The second-order valence-electron chi connectivity index (χ2n) is 5.14. The Balaban J connectivity index is 2.30. The zero-order chi connectivity index (χ0) is 16.0. The Morgan fingerprint density at radius 2 is 1.05 bits per heavy atom. The second-order valence-corrected chi connectivity index (χ2v) is 5.14. The molecule has 116 valence electrons. The Labute approximate surface area is 119 Å². The van der Waals surface area contributed by atoms with Gasteiger partial charge in [0.15, 0.2) is 11.5 Å². The summed E-state index contributed by atoms with van der Waals surface area (Å²) in [7, 11) is 0. The van der Waals surface area contributed by atoms with E-state index in [2.05, 4.69) is 0 Å². The van der Waals surface area contributed by atoms with Gasteiger partial charge in [-0.3, -0.25) is 0 Å². The van der Waals surface area contributed by atoms with Gasteiger partial charge in [0.25, 0.3) is 0 Å². The molecule has 0 saturated heterocycles. The zero-order valence-electron chi connectivity index (χ0n) is 10.7. The lowest BCUT2D eigenvalue weighted by molar-refractivity contribution is -0.209. The van der Waals surface area contributed by atoms with Crippen LogP contribution in [0.1, 0.15) is 6.42 Å². The summed E-state index contributed by atoms with van der Waals surface area (Å²) in [5.41, 5.74) is 0. The Hall–Kier alpha value is -2.00. The highest BCUT2D eigenvalue weighted by molar-refractivity contribution is 5.30. The van der Waals surface area contributed by atoms with E-state index in [1.54, 1.807) is 0 Å². The molecule has 0 aromatic rings. The normalized spacial score (nSPS) is 30.9. The summed E-state index contributed by atoms with van der Waals surface area (Å²) in [4.78, 5) is 0. The SMILES string of the molecule is OC1=CC(CC2C=C(O)C=C(O)C2(O)O)C(O)(O)C(O)=C1. The van der Waals surface area contributed by atoms with Crippen LogP contribution in [0.3, 0.4) is 0 Å². The molecule has 0 spiro atoms. The molecule has 2 aliphatic carbocycles. The third-order valence-corrected chi connectivity index (χ3v) is 3.61. The van der Waals surface area contributed by atoms with Crippen molar-refractivity contribution in [2.24, 2.45) is 11.8 Å². The smallest absolute Gasteiger partial charge is 0.229 e. The molecule has 0 aromatic carbocycles. The maximum Gasteiger partial charge on any atom is 0.229 e. The second kappa shape index (κ2) is 4.78. The number of aliphatic hydroxyl groups excluding tert-OH is 4. The van der Waals surface area contributed by atoms with Gasteiger partial charge in [-0.05, 0) is 18.6 Å². The predicted octanol–water partition coefficient (Wildman–Crippen LogP) is -0.234. The number of hydrogen-bond donors (Lipinski definition) is 8. The van der Waals surface area contributed by atoms with Gasteiger partial charge in [0.1, 0.15) is 11.5 Å². The van der Waals surface area contributed by atoms with Gasteiger partial charge in [0.05, 0.1) is 0 Å². The van der Waals surface area contributed by atoms with Crippen LogP contribution in [0.4, 0.5) is 0 Å². The summed E-state index contributed by atoms with van der Waals surface area (Å²) in [5.74, 6) is -10.7. The van der Waals surface area contributed by atoms with Crippen molar-refractivity contribution in [3.63, 3.8) is 0 Å². The summed E-state index contributed by atoms with van der Waals surface area (Å²) in [6.07, 6.45) is 3.11. The van der Waals surface area contributed by atoms with Crippen LogP contribution in [0.2, 0.25) is 0 Å². The predicted molar refractivity (Wildman–Crippen MR) is 68.8 cm³/mol. The summed E-state index contributed by atoms with van der Waals surface area (Å²) >= 11 is 0. The largest absolute Gasteiger partial charge is 0.508 e. The van der Waals surface area contributed by atoms with Gasteiger partial charge in [-0.25, -0.2) is 0 Å². The van der Waals surface area contributed by atoms with Crippen LogP contribution in [0.25, 0.3) is 0 Å². The van der Waals surface area contributed by atoms with Crippen molar-refractivity contribution in [2.75, 3.05) is 0 Å². The van der Waals surface area contributed by atoms with E-state index in [0.717, 1.165) is 24.3 Å². The van der Waals surface area contributed by atoms with Crippen molar-refractivity contribution in [3.8, 4) is 0 Å². The van der Waals surface area contributed by atoms with E-state index in [9.17, 15) is 40.9 Å². The Morgan fingerprint density at radius 3 is 1.38 bits per heavy atom. The Kier molecular flexibility index (Phi) is 3.50. The van der Waals surface area contributed by atoms with Gasteiger partial charge >= 0.3 is 0 Å². The molecule has 0 radical (unpaired) electrons. The van der Waals surface area contributed by atoms with Gasteiger partial charge in [-0.2, -0.15) is 0 Å². The lowest BCUT2D eigenvalue weighted by Crippen LogP contribution is -2.47. The molecule has 8 heteroatoms. The van der Waals surface area contributed by atoms with E-state index >= 15 is 0 Å². The molecule has 0 amide bonds. The molecule has 2 rings (SSSR count). The van der Waals surface area contributed by atoms with Gasteiger partial charge in [-0.15, -0.1) is 0 Å². The van der Waals surface area contributed by atoms with E-state index in [1.165, 1.54) is 0 Å². The summed E-state index contributed by atoms with van der Waals surface area (Å²) in [6, 6.07) is 0. The molecule has 2 aliphatic rings. The van der Waals surface area contributed by atoms with Crippen molar-refractivity contribution in [3.05, 3.63) is 47.3 Å². The van der Waals surface area contributed by atoms with Crippen LogP contribution in [0.15, 0.2) is 47.3 Å². The van der Waals surface area contributed by atoms with E-state index < -0.39 is 52.9 Å². The molecule has 0 bridgehead atoms. The third kappa shape index (κ3) is 2.61. The minimum absolute atomic E-state index is 0.399. The van der Waals surface area contributed by atoms with Crippen LogP contribution < -0.4 is 0 Å². The highest BCUT2D eigenvalue weighted by atomic mass is 16.5. The quantitative estimate of drug-likeness (QED) is 0.324.